The molecule has 4 nitrogen and oxygen atoms in total. The second-order valence-electron chi connectivity index (χ2n) is 3.63. The van der Waals surface area contributed by atoms with Crippen LogP contribution in [0.5, 0.6) is 5.75 Å². The second-order valence-corrected chi connectivity index (χ2v) is 4.49. The molecule has 1 aromatic carbocycles. The molecule has 0 radical (unpaired) electrons. The van der Waals surface area contributed by atoms with E-state index >= 15 is 0 Å². The molecule has 0 aliphatic rings. The molecule has 90 valence electrons. The van der Waals surface area contributed by atoms with Crippen LogP contribution in [0.25, 0.3) is 0 Å². The van der Waals surface area contributed by atoms with Gasteiger partial charge in [-0.3, -0.25) is 4.79 Å². The Hall–Kier alpha value is -1.75. The van der Waals surface area contributed by atoms with Crippen molar-refractivity contribution in [2.24, 2.45) is 0 Å². The third-order valence-electron chi connectivity index (χ3n) is 2.34. The molecule has 0 aliphatic carbocycles. The first-order valence-corrected chi connectivity index (χ1v) is 6.26. The fourth-order valence-corrected chi connectivity index (χ4v) is 2.06. The summed E-state index contributed by atoms with van der Waals surface area (Å²) in [6, 6.07) is 7.29. The summed E-state index contributed by atoms with van der Waals surface area (Å²) in [6.45, 7) is 1.28. The number of nitrogens with zero attached hydrogens (tertiary/aromatic N) is 1. The highest BCUT2D eigenvalue weighted by Gasteiger charge is 1.97. The van der Waals surface area contributed by atoms with Crippen LogP contribution in [-0.4, -0.2) is 11.2 Å². The van der Waals surface area contributed by atoms with Gasteiger partial charge in [-0.1, -0.05) is 11.3 Å². The lowest BCUT2D eigenvalue weighted by atomic mass is 10.3. The molecule has 0 amide bonds. The highest BCUT2D eigenvalue weighted by molar-refractivity contribution is 7.07. The van der Waals surface area contributed by atoms with Gasteiger partial charge in [-0.05, 0) is 30.7 Å². The Morgan fingerprint density at radius 1 is 1.29 bits per heavy atom. The topological polar surface area (TPSA) is 57.2 Å². The Balaban J connectivity index is 1.75. The van der Waals surface area contributed by atoms with E-state index in [1.54, 1.807) is 28.3 Å². The molecule has 0 atom stereocenters. The van der Waals surface area contributed by atoms with Gasteiger partial charge in [0.05, 0.1) is 6.61 Å². The fourth-order valence-electron chi connectivity index (χ4n) is 1.45. The Morgan fingerprint density at radius 2 is 2.06 bits per heavy atom. The molecule has 0 spiro atoms. The van der Waals surface area contributed by atoms with E-state index in [9.17, 15) is 4.79 Å². The number of thiazole rings is 1. The number of hydrogen-bond acceptors (Lipinski definition) is 4. The minimum absolute atomic E-state index is 0.0810. The fraction of sp³-hybridized carbons (Fsp3) is 0.250. The van der Waals surface area contributed by atoms with Gasteiger partial charge in [-0.25, -0.2) is 0 Å². The average molecular weight is 250 g/mol. The number of aryl methyl sites for hydroxylation is 1. The zero-order valence-corrected chi connectivity index (χ0v) is 10.2. The summed E-state index contributed by atoms with van der Waals surface area (Å²) in [7, 11) is 0. The average Bonchev–Trinajstić information content (AvgIpc) is 2.73. The molecule has 0 saturated heterocycles. The summed E-state index contributed by atoms with van der Waals surface area (Å²) < 4.78 is 7.22. The molecule has 1 aromatic heterocycles. The first kappa shape index (κ1) is 11.7. The third kappa shape index (κ3) is 3.35. The molecule has 2 rings (SSSR count). The summed E-state index contributed by atoms with van der Waals surface area (Å²) in [5.74, 6) is 0.803. The molecule has 0 aliphatic heterocycles. The Labute approximate surface area is 103 Å². The van der Waals surface area contributed by atoms with Crippen LogP contribution < -0.4 is 15.3 Å². The van der Waals surface area contributed by atoms with Crippen LogP contribution in [0.2, 0.25) is 0 Å². The van der Waals surface area contributed by atoms with Crippen molar-refractivity contribution < 1.29 is 4.74 Å². The van der Waals surface area contributed by atoms with Crippen molar-refractivity contribution in [3.8, 4) is 5.75 Å². The molecule has 2 aromatic rings. The number of nitrogen functional groups attached to an aromatic ring is 1. The van der Waals surface area contributed by atoms with E-state index in [0.717, 1.165) is 17.9 Å². The maximum absolute atomic E-state index is 11.2. The van der Waals surface area contributed by atoms with Crippen LogP contribution in [0.3, 0.4) is 0 Å². The summed E-state index contributed by atoms with van der Waals surface area (Å²) in [5.41, 5.74) is 6.29. The van der Waals surface area contributed by atoms with E-state index in [2.05, 4.69) is 0 Å². The molecule has 17 heavy (non-hydrogen) atoms. The monoisotopic (exact) mass is 250 g/mol. The van der Waals surface area contributed by atoms with E-state index in [1.165, 1.54) is 11.3 Å². The first-order valence-electron chi connectivity index (χ1n) is 5.38. The van der Waals surface area contributed by atoms with Crippen LogP contribution in [0.4, 0.5) is 5.69 Å². The van der Waals surface area contributed by atoms with Gasteiger partial charge in [0.1, 0.15) is 5.75 Å². The zero-order valence-electron chi connectivity index (χ0n) is 9.33. The van der Waals surface area contributed by atoms with Crippen molar-refractivity contribution in [3.05, 3.63) is 45.5 Å². The van der Waals surface area contributed by atoms with Crippen molar-refractivity contribution in [1.82, 2.24) is 4.57 Å². The van der Waals surface area contributed by atoms with Crippen LogP contribution in [-0.2, 0) is 6.54 Å². The largest absolute Gasteiger partial charge is 0.494 e. The molecule has 2 N–H and O–H groups in total. The number of hydrogen-bond donors (Lipinski definition) is 1. The molecule has 0 saturated carbocycles. The minimum Gasteiger partial charge on any atom is -0.494 e. The summed E-state index contributed by atoms with van der Waals surface area (Å²) in [4.78, 5) is 11.3. The van der Waals surface area contributed by atoms with E-state index in [0.29, 0.717) is 13.2 Å². The van der Waals surface area contributed by atoms with Crippen LogP contribution in [0.1, 0.15) is 6.42 Å². The van der Waals surface area contributed by atoms with Crippen molar-refractivity contribution in [1.29, 1.82) is 0 Å². The van der Waals surface area contributed by atoms with E-state index < -0.39 is 0 Å². The summed E-state index contributed by atoms with van der Waals surface area (Å²) >= 11 is 1.21. The molecule has 0 unspecified atom stereocenters. The summed E-state index contributed by atoms with van der Waals surface area (Å²) in [5, 5.41) is 1.79. The van der Waals surface area contributed by atoms with Crippen molar-refractivity contribution in [2.75, 3.05) is 12.3 Å². The van der Waals surface area contributed by atoms with Gasteiger partial charge in [0.15, 0.2) is 0 Å². The molecular weight excluding hydrogens is 236 g/mol. The Morgan fingerprint density at radius 3 is 2.71 bits per heavy atom. The predicted octanol–water partition coefficient (Wildman–Crippen LogP) is 1.96. The number of nitrogens with two attached hydrogens (primary N) is 1. The summed E-state index contributed by atoms with van der Waals surface area (Å²) in [6.07, 6.45) is 2.61. The quantitative estimate of drug-likeness (QED) is 0.652. The third-order valence-corrected chi connectivity index (χ3v) is 3.03. The molecular formula is C12H14N2O2S. The highest BCUT2D eigenvalue weighted by Crippen LogP contribution is 2.13. The highest BCUT2D eigenvalue weighted by atomic mass is 32.1. The molecule has 0 fully saturated rings. The lowest BCUT2D eigenvalue weighted by Gasteiger charge is -2.06. The van der Waals surface area contributed by atoms with Gasteiger partial charge in [0, 0.05) is 23.8 Å². The van der Waals surface area contributed by atoms with Gasteiger partial charge in [-0.15, -0.1) is 0 Å². The van der Waals surface area contributed by atoms with Crippen LogP contribution in [0, 0.1) is 0 Å². The lowest BCUT2D eigenvalue weighted by Crippen LogP contribution is -2.13. The van der Waals surface area contributed by atoms with Crippen LogP contribution in [0.15, 0.2) is 40.6 Å². The number of ether oxygens (including phenoxy) is 1. The van der Waals surface area contributed by atoms with Crippen molar-refractivity contribution in [2.45, 2.75) is 13.0 Å². The number of anilines is 1. The number of benzene rings is 1. The van der Waals surface area contributed by atoms with Gasteiger partial charge < -0.3 is 15.0 Å². The normalized spacial score (nSPS) is 10.4. The smallest absolute Gasteiger partial charge is 0.307 e. The molecule has 0 bridgehead atoms. The van der Waals surface area contributed by atoms with Crippen molar-refractivity contribution in [3.63, 3.8) is 0 Å². The maximum atomic E-state index is 11.2. The maximum Gasteiger partial charge on any atom is 0.307 e. The lowest BCUT2D eigenvalue weighted by molar-refractivity contribution is 0.301. The standard InChI is InChI=1S/C12H14N2O2S/c13-10-2-4-11(5-3-10)16-8-1-6-14-7-9-17-12(14)15/h2-5,7,9H,1,6,8,13H2. The Kier molecular flexibility index (Phi) is 3.82. The van der Waals surface area contributed by atoms with Gasteiger partial charge >= 0.3 is 4.87 Å². The predicted molar refractivity (Wildman–Crippen MR) is 69.5 cm³/mol. The number of aromatic nitrogens is 1. The zero-order chi connectivity index (χ0) is 12.1. The minimum atomic E-state index is 0.0810. The van der Waals surface area contributed by atoms with Crippen molar-refractivity contribution >= 4 is 17.0 Å². The van der Waals surface area contributed by atoms with Gasteiger partial charge in [-0.2, -0.15) is 0 Å². The van der Waals surface area contributed by atoms with E-state index in [1.807, 2.05) is 12.1 Å². The molecule has 1 heterocycles. The van der Waals surface area contributed by atoms with E-state index in [4.69, 9.17) is 10.5 Å². The Bertz CT molecular complexity index is 516. The van der Waals surface area contributed by atoms with Crippen LogP contribution >= 0.6 is 11.3 Å². The van der Waals surface area contributed by atoms with Gasteiger partial charge in [0.2, 0.25) is 0 Å². The molecule has 5 heteroatoms. The number of rotatable bonds is 5. The SMILES string of the molecule is Nc1ccc(OCCCn2ccsc2=O)cc1. The van der Waals surface area contributed by atoms with Gasteiger partial charge in [0.25, 0.3) is 0 Å². The second kappa shape index (κ2) is 5.54. The first-order chi connectivity index (χ1) is 8.25. The van der Waals surface area contributed by atoms with E-state index in [-0.39, 0.29) is 4.87 Å².